The number of nitrogens with zero attached hydrogens (tertiary/aromatic N) is 1. The van der Waals surface area contributed by atoms with Gasteiger partial charge in [-0.25, -0.2) is 0 Å². The van der Waals surface area contributed by atoms with Gasteiger partial charge in [0.05, 0.1) is 12.5 Å². The Morgan fingerprint density at radius 1 is 1.08 bits per heavy atom. The summed E-state index contributed by atoms with van der Waals surface area (Å²) >= 11 is 0. The number of nitrogens with two attached hydrogens (primary N) is 1. The van der Waals surface area contributed by atoms with Crippen molar-refractivity contribution in [2.75, 3.05) is 6.61 Å². The second-order valence-electron chi connectivity index (χ2n) is 6.13. The minimum Gasteiger partial charge on any atom is -0.494 e. The molecule has 128 valence electrons. The first kappa shape index (κ1) is 16.0. The number of rotatable bonds is 3. The van der Waals surface area contributed by atoms with Crippen molar-refractivity contribution in [1.82, 2.24) is 0 Å². The van der Waals surface area contributed by atoms with Crippen LogP contribution in [0.5, 0.6) is 11.5 Å². The van der Waals surface area contributed by atoms with E-state index in [9.17, 15) is 5.26 Å². The molecule has 1 aliphatic rings. The molecule has 1 atom stereocenters. The summed E-state index contributed by atoms with van der Waals surface area (Å²) in [6.45, 7) is 2.56. The molecule has 1 aliphatic heterocycles. The van der Waals surface area contributed by atoms with Crippen molar-refractivity contribution in [2.24, 2.45) is 5.73 Å². The molecule has 2 N–H and O–H groups in total. The third-order valence-electron chi connectivity index (χ3n) is 4.64. The van der Waals surface area contributed by atoms with Crippen molar-refractivity contribution in [3.05, 3.63) is 83.2 Å². The molecule has 26 heavy (non-hydrogen) atoms. The van der Waals surface area contributed by atoms with Crippen molar-refractivity contribution in [1.29, 1.82) is 5.26 Å². The topological polar surface area (TPSA) is 68.3 Å². The monoisotopic (exact) mass is 342 g/mol. The van der Waals surface area contributed by atoms with Crippen molar-refractivity contribution in [3.8, 4) is 17.6 Å². The highest BCUT2D eigenvalue weighted by molar-refractivity contribution is 5.90. The van der Waals surface area contributed by atoms with E-state index in [2.05, 4.69) is 18.2 Å². The Bertz CT molecular complexity index is 1050. The zero-order valence-electron chi connectivity index (χ0n) is 14.4. The Balaban J connectivity index is 1.95. The van der Waals surface area contributed by atoms with E-state index in [4.69, 9.17) is 15.2 Å². The molecule has 1 heterocycles. The lowest BCUT2D eigenvalue weighted by Crippen LogP contribution is -2.21. The zero-order valence-corrected chi connectivity index (χ0v) is 14.4. The summed E-state index contributed by atoms with van der Waals surface area (Å²) in [4.78, 5) is 0. The van der Waals surface area contributed by atoms with Crippen LogP contribution in [0.2, 0.25) is 0 Å². The number of hydrogen-bond donors (Lipinski definition) is 1. The molecule has 0 amide bonds. The van der Waals surface area contributed by atoms with Crippen LogP contribution in [0.3, 0.4) is 0 Å². The molecular weight excluding hydrogens is 324 g/mol. The van der Waals surface area contributed by atoms with Gasteiger partial charge in [0, 0.05) is 5.56 Å². The van der Waals surface area contributed by atoms with Crippen LogP contribution in [0.25, 0.3) is 10.8 Å². The molecule has 4 rings (SSSR count). The lowest BCUT2D eigenvalue weighted by Gasteiger charge is -2.28. The van der Waals surface area contributed by atoms with E-state index in [1.165, 1.54) is 0 Å². The number of nitriles is 1. The minimum atomic E-state index is -0.273. The normalized spacial score (nSPS) is 15.9. The second-order valence-corrected chi connectivity index (χ2v) is 6.13. The summed E-state index contributed by atoms with van der Waals surface area (Å²) in [5, 5.41) is 11.9. The second kappa shape index (κ2) is 6.45. The van der Waals surface area contributed by atoms with Crippen molar-refractivity contribution < 1.29 is 9.47 Å². The molecule has 0 saturated heterocycles. The van der Waals surface area contributed by atoms with Crippen molar-refractivity contribution in [3.63, 3.8) is 0 Å². The Hall–Kier alpha value is -3.45. The summed E-state index contributed by atoms with van der Waals surface area (Å²) in [5.41, 5.74) is 8.44. The van der Waals surface area contributed by atoms with E-state index >= 15 is 0 Å². The molecule has 0 fully saturated rings. The highest BCUT2D eigenvalue weighted by Gasteiger charge is 2.32. The highest BCUT2D eigenvalue weighted by Crippen LogP contribution is 2.45. The summed E-state index contributed by atoms with van der Waals surface area (Å²) in [7, 11) is 0. The SMILES string of the molecule is CCOc1ccc(C2C(C#N)=C(N)Oc3ccc4ccccc4c32)cc1. The average molecular weight is 342 g/mol. The first-order chi connectivity index (χ1) is 12.7. The van der Waals surface area contributed by atoms with Crippen LogP contribution in [0.1, 0.15) is 24.0 Å². The number of fused-ring (bicyclic) bond motifs is 3. The fourth-order valence-electron chi connectivity index (χ4n) is 3.50. The molecule has 0 radical (unpaired) electrons. The molecule has 0 aromatic heterocycles. The largest absolute Gasteiger partial charge is 0.494 e. The zero-order chi connectivity index (χ0) is 18.1. The number of hydrogen-bond acceptors (Lipinski definition) is 4. The van der Waals surface area contributed by atoms with Gasteiger partial charge in [0.25, 0.3) is 0 Å². The molecule has 4 heteroatoms. The number of ether oxygens (including phenoxy) is 2. The molecule has 4 nitrogen and oxygen atoms in total. The fraction of sp³-hybridized carbons (Fsp3) is 0.136. The van der Waals surface area contributed by atoms with Crippen LogP contribution in [0.15, 0.2) is 72.1 Å². The van der Waals surface area contributed by atoms with Crippen LogP contribution in [0, 0.1) is 11.3 Å². The van der Waals surface area contributed by atoms with Crippen molar-refractivity contribution >= 4 is 10.8 Å². The lowest BCUT2D eigenvalue weighted by molar-refractivity contribution is 0.340. The van der Waals surface area contributed by atoms with Gasteiger partial charge in [-0.1, -0.05) is 42.5 Å². The third-order valence-corrected chi connectivity index (χ3v) is 4.64. The molecule has 0 spiro atoms. The maximum absolute atomic E-state index is 9.74. The van der Waals surface area contributed by atoms with Crippen LogP contribution in [0.4, 0.5) is 0 Å². The summed E-state index contributed by atoms with van der Waals surface area (Å²) in [6.07, 6.45) is 0. The van der Waals surface area contributed by atoms with Crippen LogP contribution in [-0.2, 0) is 0 Å². The van der Waals surface area contributed by atoms with Gasteiger partial charge in [-0.05, 0) is 41.5 Å². The molecule has 1 unspecified atom stereocenters. The predicted octanol–water partition coefficient (Wildman–Crippen LogP) is 4.46. The van der Waals surface area contributed by atoms with Crippen LogP contribution >= 0.6 is 0 Å². The molecule has 0 saturated carbocycles. The Labute approximate surface area is 152 Å². The number of allylic oxidation sites excluding steroid dienone is 1. The maximum Gasteiger partial charge on any atom is 0.205 e. The van der Waals surface area contributed by atoms with Gasteiger partial charge in [0.1, 0.15) is 23.1 Å². The maximum atomic E-state index is 9.74. The van der Waals surface area contributed by atoms with Gasteiger partial charge in [-0.3, -0.25) is 0 Å². The quantitative estimate of drug-likeness (QED) is 0.763. The lowest BCUT2D eigenvalue weighted by atomic mass is 9.81. The fourth-order valence-corrected chi connectivity index (χ4v) is 3.50. The van der Waals surface area contributed by atoms with E-state index in [-0.39, 0.29) is 11.8 Å². The van der Waals surface area contributed by atoms with E-state index in [1.807, 2.05) is 55.5 Å². The van der Waals surface area contributed by atoms with E-state index < -0.39 is 0 Å². The van der Waals surface area contributed by atoms with Gasteiger partial charge in [-0.15, -0.1) is 0 Å². The summed E-state index contributed by atoms with van der Waals surface area (Å²) in [6, 6.07) is 22.1. The standard InChI is InChI=1S/C22H18N2O2/c1-2-25-16-10-7-15(8-11-16)20-18(13-23)22(24)26-19-12-9-14-5-3-4-6-17(14)21(19)20/h3-12,20H,2,24H2,1H3. The predicted molar refractivity (Wildman–Crippen MR) is 101 cm³/mol. The van der Waals surface area contributed by atoms with Crippen LogP contribution in [-0.4, -0.2) is 6.61 Å². The first-order valence-corrected chi connectivity index (χ1v) is 8.55. The first-order valence-electron chi connectivity index (χ1n) is 8.55. The minimum absolute atomic E-state index is 0.161. The van der Waals surface area contributed by atoms with E-state index in [1.54, 1.807) is 0 Å². The number of benzene rings is 3. The van der Waals surface area contributed by atoms with Gasteiger partial charge < -0.3 is 15.2 Å². The van der Waals surface area contributed by atoms with Gasteiger partial charge in [-0.2, -0.15) is 5.26 Å². The van der Waals surface area contributed by atoms with Gasteiger partial charge >= 0.3 is 0 Å². The molecular formula is C22H18N2O2. The average Bonchev–Trinajstić information content (AvgIpc) is 2.67. The third kappa shape index (κ3) is 2.55. The van der Waals surface area contributed by atoms with Crippen molar-refractivity contribution in [2.45, 2.75) is 12.8 Å². The molecule has 0 aliphatic carbocycles. The Kier molecular flexibility index (Phi) is 3.98. The van der Waals surface area contributed by atoms with Gasteiger partial charge in [0.15, 0.2) is 0 Å². The van der Waals surface area contributed by atoms with Gasteiger partial charge in [0.2, 0.25) is 5.88 Å². The summed E-state index contributed by atoms with van der Waals surface area (Å²) < 4.78 is 11.3. The smallest absolute Gasteiger partial charge is 0.205 e. The highest BCUT2D eigenvalue weighted by atomic mass is 16.5. The summed E-state index contributed by atoms with van der Waals surface area (Å²) in [5.74, 6) is 1.38. The molecule has 3 aromatic rings. The molecule has 0 bridgehead atoms. The molecule has 3 aromatic carbocycles. The van der Waals surface area contributed by atoms with Crippen LogP contribution < -0.4 is 15.2 Å². The van der Waals surface area contributed by atoms with E-state index in [0.717, 1.165) is 27.6 Å². The Morgan fingerprint density at radius 2 is 1.85 bits per heavy atom. The van der Waals surface area contributed by atoms with E-state index in [0.29, 0.717) is 17.9 Å². The Morgan fingerprint density at radius 3 is 2.58 bits per heavy atom.